The van der Waals surface area contributed by atoms with Crippen LogP contribution in [0.25, 0.3) is 0 Å². The van der Waals surface area contributed by atoms with Crippen molar-refractivity contribution in [1.29, 1.82) is 0 Å². The lowest BCUT2D eigenvalue weighted by atomic mass is 9.99. The molecule has 0 fully saturated rings. The second kappa shape index (κ2) is 17.0. The summed E-state index contributed by atoms with van der Waals surface area (Å²) in [6.07, 6.45) is 1.15. The number of aliphatic carboxylic acids is 1. The van der Waals surface area contributed by atoms with Crippen LogP contribution in [0.3, 0.4) is 0 Å². The fourth-order valence-corrected chi connectivity index (χ4v) is 3.97. The van der Waals surface area contributed by atoms with Crippen molar-refractivity contribution in [1.82, 2.24) is 16.0 Å². The van der Waals surface area contributed by atoms with Crippen molar-refractivity contribution in [2.45, 2.75) is 84.0 Å². The Morgan fingerprint density at radius 1 is 0.825 bits per heavy atom. The molecule has 1 aromatic rings. The predicted octanol–water partition coefficient (Wildman–Crippen LogP) is -0.0532. The molecule has 0 bridgehead atoms. The average molecular weight is 564 g/mol. The predicted molar refractivity (Wildman–Crippen MR) is 152 cm³/mol. The van der Waals surface area contributed by atoms with Crippen LogP contribution in [0.2, 0.25) is 0 Å². The summed E-state index contributed by atoms with van der Waals surface area (Å²) in [5.74, 6) is -2.96. The monoisotopic (exact) mass is 563 g/mol. The van der Waals surface area contributed by atoms with Crippen LogP contribution in [0, 0.1) is 11.8 Å². The fourth-order valence-electron chi connectivity index (χ4n) is 3.97. The number of guanidine groups is 1. The second-order valence-corrected chi connectivity index (χ2v) is 10.7. The van der Waals surface area contributed by atoms with Crippen LogP contribution in [0.1, 0.15) is 58.9 Å². The molecule has 0 aliphatic heterocycles. The molecule has 0 radical (unpaired) electrons. The molecule has 40 heavy (non-hydrogen) atoms. The molecular formula is C27H45N7O6. The van der Waals surface area contributed by atoms with E-state index in [1.54, 1.807) is 12.1 Å². The van der Waals surface area contributed by atoms with E-state index in [9.17, 15) is 29.4 Å². The highest BCUT2D eigenvalue weighted by atomic mass is 16.4. The molecule has 0 heterocycles. The van der Waals surface area contributed by atoms with Gasteiger partial charge in [-0.1, -0.05) is 39.8 Å². The zero-order valence-corrected chi connectivity index (χ0v) is 23.7. The minimum atomic E-state index is -1.22. The third-order valence-corrected chi connectivity index (χ3v) is 5.97. The van der Waals surface area contributed by atoms with Gasteiger partial charge in [0.25, 0.3) is 0 Å². The molecule has 4 atom stereocenters. The minimum absolute atomic E-state index is 0.00179. The van der Waals surface area contributed by atoms with E-state index in [2.05, 4.69) is 20.9 Å². The third-order valence-electron chi connectivity index (χ3n) is 5.97. The van der Waals surface area contributed by atoms with Gasteiger partial charge in [0.05, 0.1) is 6.04 Å². The van der Waals surface area contributed by atoms with Gasteiger partial charge in [0.15, 0.2) is 5.96 Å². The molecular weight excluding hydrogens is 518 g/mol. The lowest BCUT2D eigenvalue weighted by molar-refractivity contribution is -0.142. The molecule has 4 unspecified atom stereocenters. The number of benzene rings is 1. The number of hydrogen-bond donors (Lipinski definition) is 8. The number of carbonyl (C=O) groups is 4. The molecule has 11 N–H and O–H groups in total. The number of nitrogens with one attached hydrogen (secondary N) is 3. The summed E-state index contributed by atoms with van der Waals surface area (Å²) >= 11 is 0. The molecule has 1 rings (SSSR count). The maximum Gasteiger partial charge on any atom is 0.326 e. The minimum Gasteiger partial charge on any atom is -0.508 e. The molecule has 0 spiro atoms. The molecule has 0 aromatic heterocycles. The number of carboxylic acid groups (broad SMARTS) is 1. The van der Waals surface area contributed by atoms with Gasteiger partial charge in [0, 0.05) is 6.54 Å². The molecule has 3 amide bonds. The highest BCUT2D eigenvalue weighted by molar-refractivity contribution is 5.94. The van der Waals surface area contributed by atoms with Gasteiger partial charge in [-0.25, -0.2) is 4.79 Å². The molecule has 0 saturated heterocycles. The SMILES string of the molecule is CC(C)CC(NC(=O)C(N)Cc1ccc(O)cc1)C(=O)NC(CC(C)C)C(=O)NC(CCCN=C(N)N)C(=O)O. The van der Waals surface area contributed by atoms with Crippen molar-refractivity contribution >= 4 is 29.7 Å². The number of carboxylic acids is 1. The van der Waals surface area contributed by atoms with E-state index in [0.717, 1.165) is 5.56 Å². The number of phenolic OH excluding ortho intramolecular Hbond substituents is 1. The largest absolute Gasteiger partial charge is 0.508 e. The lowest BCUT2D eigenvalue weighted by Crippen LogP contribution is -2.57. The molecule has 13 nitrogen and oxygen atoms in total. The van der Waals surface area contributed by atoms with E-state index in [0.29, 0.717) is 12.8 Å². The summed E-state index contributed by atoms with van der Waals surface area (Å²) in [6, 6.07) is 2.17. The van der Waals surface area contributed by atoms with Gasteiger partial charge in [-0.15, -0.1) is 0 Å². The lowest BCUT2D eigenvalue weighted by Gasteiger charge is -2.27. The van der Waals surface area contributed by atoms with E-state index >= 15 is 0 Å². The first-order valence-electron chi connectivity index (χ1n) is 13.4. The second-order valence-electron chi connectivity index (χ2n) is 10.7. The Morgan fingerprint density at radius 3 is 1.75 bits per heavy atom. The maximum atomic E-state index is 13.3. The summed E-state index contributed by atoms with van der Waals surface area (Å²) in [5, 5.41) is 26.9. The van der Waals surface area contributed by atoms with Gasteiger partial charge in [0.1, 0.15) is 23.9 Å². The Bertz CT molecular complexity index is 1010. The number of rotatable bonds is 17. The Labute approximate surface area is 235 Å². The van der Waals surface area contributed by atoms with Gasteiger partial charge in [0.2, 0.25) is 17.7 Å². The van der Waals surface area contributed by atoms with Gasteiger partial charge in [-0.05, 0) is 61.6 Å². The van der Waals surface area contributed by atoms with Gasteiger partial charge in [-0.2, -0.15) is 0 Å². The number of aliphatic imine (C=N–C) groups is 1. The number of nitrogens with two attached hydrogens (primary N) is 3. The summed E-state index contributed by atoms with van der Waals surface area (Å²) in [5.41, 5.74) is 17.4. The van der Waals surface area contributed by atoms with Crippen molar-refractivity contribution in [3.63, 3.8) is 0 Å². The van der Waals surface area contributed by atoms with Crippen LogP contribution in [-0.4, -0.2) is 70.6 Å². The number of aromatic hydroxyl groups is 1. The van der Waals surface area contributed by atoms with Crippen molar-refractivity contribution in [2.75, 3.05) is 6.54 Å². The Hall–Kier alpha value is -3.87. The zero-order chi connectivity index (χ0) is 30.4. The van der Waals surface area contributed by atoms with Crippen LogP contribution in [0.5, 0.6) is 5.75 Å². The topological polar surface area (TPSA) is 235 Å². The molecule has 0 aliphatic carbocycles. The number of amides is 3. The molecule has 13 heteroatoms. The van der Waals surface area contributed by atoms with Crippen molar-refractivity contribution in [3.05, 3.63) is 29.8 Å². The van der Waals surface area contributed by atoms with Crippen LogP contribution in [0.15, 0.2) is 29.3 Å². The first-order chi connectivity index (χ1) is 18.7. The highest BCUT2D eigenvalue weighted by Gasteiger charge is 2.31. The smallest absolute Gasteiger partial charge is 0.326 e. The molecule has 0 saturated carbocycles. The summed E-state index contributed by atoms with van der Waals surface area (Å²) in [7, 11) is 0. The summed E-state index contributed by atoms with van der Waals surface area (Å²) in [4.78, 5) is 54.8. The third kappa shape index (κ3) is 13.3. The standard InChI is InChI=1S/C27H45N7O6/c1-15(2)12-21(33-23(36)19(28)14-17-7-9-18(35)10-8-17)25(38)34-22(13-16(3)4)24(37)32-20(26(39)40)6-5-11-31-27(29)30/h7-10,15-16,19-22,35H,5-6,11-14,28H2,1-4H3,(H,32,37)(H,33,36)(H,34,38)(H,39,40)(H4,29,30,31). The first kappa shape index (κ1) is 34.2. The Morgan fingerprint density at radius 2 is 1.30 bits per heavy atom. The van der Waals surface area contributed by atoms with Crippen molar-refractivity contribution in [3.8, 4) is 5.75 Å². The maximum absolute atomic E-state index is 13.3. The molecule has 224 valence electrons. The number of carbonyl (C=O) groups excluding carboxylic acids is 3. The summed E-state index contributed by atoms with van der Waals surface area (Å²) < 4.78 is 0. The van der Waals surface area contributed by atoms with Gasteiger partial charge >= 0.3 is 5.97 Å². The van der Waals surface area contributed by atoms with Crippen molar-refractivity contribution < 1.29 is 29.4 Å². The average Bonchev–Trinajstić information content (AvgIpc) is 2.85. The zero-order valence-electron chi connectivity index (χ0n) is 23.7. The molecule has 0 aliphatic rings. The van der Waals surface area contributed by atoms with Crippen LogP contribution < -0.4 is 33.2 Å². The summed E-state index contributed by atoms with van der Waals surface area (Å²) in [6.45, 7) is 7.72. The van der Waals surface area contributed by atoms with E-state index < -0.39 is 47.9 Å². The van der Waals surface area contributed by atoms with Gasteiger partial charge < -0.3 is 43.4 Å². The number of phenols is 1. The van der Waals surface area contributed by atoms with Gasteiger partial charge in [-0.3, -0.25) is 19.4 Å². The van der Waals surface area contributed by atoms with E-state index in [1.165, 1.54) is 12.1 Å². The van der Waals surface area contributed by atoms with Crippen LogP contribution in [0.4, 0.5) is 0 Å². The Balaban J connectivity index is 2.94. The van der Waals surface area contributed by atoms with E-state index in [1.807, 2.05) is 27.7 Å². The first-order valence-corrected chi connectivity index (χ1v) is 13.4. The normalized spacial score (nSPS) is 14.1. The van der Waals surface area contributed by atoms with Crippen LogP contribution >= 0.6 is 0 Å². The molecule has 1 aromatic carbocycles. The highest BCUT2D eigenvalue weighted by Crippen LogP contribution is 2.13. The Kier molecular flexibility index (Phi) is 14.5. The van der Waals surface area contributed by atoms with E-state index in [4.69, 9.17) is 17.2 Å². The number of nitrogens with zero attached hydrogens (tertiary/aromatic N) is 1. The van der Waals surface area contributed by atoms with Crippen LogP contribution in [-0.2, 0) is 25.6 Å². The fraction of sp³-hybridized carbons (Fsp3) is 0.593. The van der Waals surface area contributed by atoms with Crippen molar-refractivity contribution in [2.24, 2.45) is 34.0 Å². The van der Waals surface area contributed by atoms with E-state index in [-0.39, 0.29) is 49.4 Å². The quantitative estimate of drug-likeness (QED) is 0.0719. The number of hydrogen-bond acceptors (Lipinski definition) is 7.